The summed E-state index contributed by atoms with van der Waals surface area (Å²) in [6.07, 6.45) is 3.90. The molecule has 0 aliphatic carbocycles. The second-order valence-corrected chi connectivity index (χ2v) is 8.37. The van der Waals surface area contributed by atoms with E-state index in [0.29, 0.717) is 5.92 Å². The van der Waals surface area contributed by atoms with Crippen molar-refractivity contribution in [3.63, 3.8) is 0 Å². The van der Waals surface area contributed by atoms with E-state index in [-0.39, 0.29) is 6.04 Å². The molecule has 1 aliphatic heterocycles. The minimum absolute atomic E-state index is 0.286. The van der Waals surface area contributed by atoms with Crippen molar-refractivity contribution in [1.29, 1.82) is 0 Å². The topological polar surface area (TPSA) is 46.0 Å². The summed E-state index contributed by atoms with van der Waals surface area (Å²) in [5.74, 6) is 1.67. The smallest absolute Gasteiger partial charge is 0.127 e. The summed E-state index contributed by atoms with van der Waals surface area (Å²) in [5.41, 5.74) is 3.72. The molecule has 5 nitrogen and oxygen atoms in total. The van der Waals surface area contributed by atoms with Crippen molar-refractivity contribution < 1.29 is 0 Å². The zero-order valence-electron chi connectivity index (χ0n) is 16.2. The predicted molar refractivity (Wildman–Crippen MR) is 111 cm³/mol. The van der Waals surface area contributed by atoms with E-state index in [1.807, 2.05) is 12.4 Å². The van der Waals surface area contributed by atoms with E-state index in [9.17, 15) is 0 Å². The number of hydrogen-bond donors (Lipinski definition) is 1. The fourth-order valence-electron chi connectivity index (χ4n) is 3.62. The normalized spacial score (nSPS) is 18.3. The summed E-state index contributed by atoms with van der Waals surface area (Å²) in [5, 5.41) is 6.80. The standard InChI is InChI=1S/C21H27N5S/c1-15(2)16-4-6-17(7-5-16)21-24-18(14-27-21)13-26-11-8-22-12-19(26)20-23-9-10-25(20)3/h4-7,9-10,14-15,19,22H,8,11-13H2,1-3H3. The molecule has 0 bridgehead atoms. The molecule has 3 aromatic rings. The molecule has 27 heavy (non-hydrogen) atoms. The molecule has 1 atom stereocenters. The van der Waals surface area contributed by atoms with Crippen LogP contribution in [0.4, 0.5) is 0 Å². The zero-order chi connectivity index (χ0) is 18.8. The molecule has 0 saturated carbocycles. The highest BCUT2D eigenvalue weighted by Gasteiger charge is 2.27. The van der Waals surface area contributed by atoms with Crippen molar-refractivity contribution in [1.82, 2.24) is 24.8 Å². The number of hydrogen-bond acceptors (Lipinski definition) is 5. The van der Waals surface area contributed by atoms with Gasteiger partial charge < -0.3 is 9.88 Å². The Kier molecular flexibility index (Phi) is 5.38. The van der Waals surface area contributed by atoms with Gasteiger partial charge in [0.1, 0.15) is 10.8 Å². The Hall–Kier alpha value is -2.02. The van der Waals surface area contributed by atoms with E-state index >= 15 is 0 Å². The highest BCUT2D eigenvalue weighted by molar-refractivity contribution is 7.13. The molecule has 1 aliphatic rings. The maximum absolute atomic E-state index is 4.92. The van der Waals surface area contributed by atoms with E-state index in [1.165, 1.54) is 11.1 Å². The third kappa shape index (κ3) is 3.98. The van der Waals surface area contributed by atoms with Crippen LogP contribution in [0.2, 0.25) is 0 Å². The minimum Gasteiger partial charge on any atom is -0.337 e. The molecule has 1 N–H and O–H groups in total. The van der Waals surface area contributed by atoms with Gasteiger partial charge in [-0.25, -0.2) is 9.97 Å². The summed E-state index contributed by atoms with van der Waals surface area (Å²) in [7, 11) is 2.07. The lowest BCUT2D eigenvalue weighted by Gasteiger charge is -2.35. The van der Waals surface area contributed by atoms with Crippen molar-refractivity contribution in [3.05, 3.63) is 59.1 Å². The second-order valence-electron chi connectivity index (χ2n) is 7.51. The van der Waals surface area contributed by atoms with Gasteiger partial charge in [-0.1, -0.05) is 38.1 Å². The third-order valence-electron chi connectivity index (χ3n) is 5.25. The number of nitrogens with zero attached hydrogens (tertiary/aromatic N) is 4. The zero-order valence-corrected chi connectivity index (χ0v) is 17.0. The molecule has 1 aromatic carbocycles. The number of rotatable bonds is 5. The Bertz CT molecular complexity index is 880. The van der Waals surface area contributed by atoms with E-state index in [2.05, 4.69) is 70.3 Å². The van der Waals surface area contributed by atoms with Gasteiger partial charge in [0, 0.05) is 56.6 Å². The van der Waals surface area contributed by atoms with Gasteiger partial charge in [-0.2, -0.15) is 0 Å². The molecule has 3 heterocycles. The van der Waals surface area contributed by atoms with Crippen molar-refractivity contribution in [3.8, 4) is 10.6 Å². The quantitative estimate of drug-likeness (QED) is 0.730. The van der Waals surface area contributed by atoms with Gasteiger partial charge in [-0.3, -0.25) is 4.90 Å². The first-order valence-electron chi connectivity index (χ1n) is 9.58. The molecular weight excluding hydrogens is 354 g/mol. The molecule has 2 aromatic heterocycles. The average Bonchev–Trinajstić information content (AvgIpc) is 3.31. The molecule has 0 radical (unpaired) electrons. The van der Waals surface area contributed by atoms with Gasteiger partial charge in [0.15, 0.2) is 0 Å². The van der Waals surface area contributed by atoms with E-state index in [4.69, 9.17) is 4.98 Å². The van der Waals surface area contributed by atoms with Crippen LogP contribution in [0, 0.1) is 0 Å². The second kappa shape index (κ2) is 7.92. The van der Waals surface area contributed by atoms with Crippen LogP contribution in [-0.4, -0.2) is 39.1 Å². The summed E-state index contributed by atoms with van der Waals surface area (Å²) >= 11 is 1.73. The number of thiazole rings is 1. The Balaban J connectivity index is 1.50. The SMILES string of the molecule is CC(C)c1ccc(-c2nc(CN3CCNCC3c3nccn3C)cs2)cc1. The van der Waals surface area contributed by atoms with E-state index < -0.39 is 0 Å². The van der Waals surface area contributed by atoms with Crippen LogP contribution < -0.4 is 5.32 Å². The molecule has 1 fully saturated rings. The van der Waals surface area contributed by atoms with Gasteiger partial charge in [-0.05, 0) is 11.5 Å². The van der Waals surface area contributed by atoms with E-state index in [1.54, 1.807) is 11.3 Å². The van der Waals surface area contributed by atoms with Gasteiger partial charge >= 0.3 is 0 Å². The molecule has 1 unspecified atom stereocenters. The summed E-state index contributed by atoms with van der Waals surface area (Å²) in [6.45, 7) is 8.25. The summed E-state index contributed by atoms with van der Waals surface area (Å²) in [4.78, 5) is 12.0. The van der Waals surface area contributed by atoms with Gasteiger partial charge in [0.25, 0.3) is 0 Å². The fraction of sp³-hybridized carbons (Fsp3) is 0.429. The lowest BCUT2D eigenvalue weighted by Crippen LogP contribution is -2.46. The van der Waals surface area contributed by atoms with Gasteiger partial charge in [-0.15, -0.1) is 11.3 Å². The molecular formula is C21H27N5S. The van der Waals surface area contributed by atoms with Crippen molar-refractivity contribution in [2.45, 2.75) is 32.4 Å². The molecule has 6 heteroatoms. The van der Waals surface area contributed by atoms with Crippen molar-refractivity contribution in [2.75, 3.05) is 19.6 Å². The number of aryl methyl sites for hydroxylation is 1. The fourth-order valence-corrected chi connectivity index (χ4v) is 4.44. The number of piperazine rings is 1. The lowest BCUT2D eigenvalue weighted by atomic mass is 10.0. The summed E-state index contributed by atoms with van der Waals surface area (Å²) in [6, 6.07) is 9.11. The van der Waals surface area contributed by atoms with Crippen LogP contribution in [0.15, 0.2) is 42.0 Å². The van der Waals surface area contributed by atoms with Gasteiger partial charge in [0.2, 0.25) is 0 Å². The number of imidazole rings is 1. The number of nitrogens with one attached hydrogen (secondary N) is 1. The van der Waals surface area contributed by atoms with Crippen LogP contribution in [0.3, 0.4) is 0 Å². The highest BCUT2D eigenvalue weighted by atomic mass is 32.1. The lowest BCUT2D eigenvalue weighted by molar-refractivity contribution is 0.143. The molecule has 142 valence electrons. The Morgan fingerprint density at radius 3 is 2.78 bits per heavy atom. The first-order valence-corrected chi connectivity index (χ1v) is 10.5. The predicted octanol–water partition coefficient (Wildman–Crippen LogP) is 3.81. The first kappa shape index (κ1) is 18.3. The minimum atomic E-state index is 0.286. The van der Waals surface area contributed by atoms with E-state index in [0.717, 1.165) is 42.7 Å². The average molecular weight is 382 g/mol. The van der Waals surface area contributed by atoms with Crippen LogP contribution >= 0.6 is 11.3 Å². The third-order valence-corrected chi connectivity index (χ3v) is 6.19. The molecule has 4 rings (SSSR count). The largest absolute Gasteiger partial charge is 0.337 e. The molecule has 0 spiro atoms. The van der Waals surface area contributed by atoms with Crippen LogP contribution in [0.25, 0.3) is 10.6 Å². The molecule has 1 saturated heterocycles. The summed E-state index contributed by atoms with van der Waals surface area (Å²) < 4.78 is 2.12. The highest BCUT2D eigenvalue weighted by Crippen LogP contribution is 2.28. The van der Waals surface area contributed by atoms with Crippen molar-refractivity contribution >= 4 is 11.3 Å². The Morgan fingerprint density at radius 2 is 2.07 bits per heavy atom. The van der Waals surface area contributed by atoms with Crippen LogP contribution in [0.5, 0.6) is 0 Å². The maximum atomic E-state index is 4.92. The molecule has 0 amide bonds. The number of benzene rings is 1. The monoisotopic (exact) mass is 381 g/mol. The van der Waals surface area contributed by atoms with Gasteiger partial charge in [0.05, 0.1) is 11.7 Å². The Morgan fingerprint density at radius 1 is 1.26 bits per heavy atom. The van der Waals surface area contributed by atoms with Crippen LogP contribution in [0.1, 0.15) is 42.9 Å². The van der Waals surface area contributed by atoms with Crippen molar-refractivity contribution in [2.24, 2.45) is 7.05 Å². The first-order chi connectivity index (χ1) is 13.1. The Labute approximate surface area is 165 Å². The number of aromatic nitrogens is 3. The van der Waals surface area contributed by atoms with Crippen LogP contribution in [-0.2, 0) is 13.6 Å². The maximum Gasteiger partial charge on any atom is 0.127 e.